The quantitative estimate of drug-likeness (QED) is 0.0154. The van der Waals surface area contributed by atoms with Crippen LogP contribution in [0.3, 0.4) is 0 Å². The van der Waals surface area contributed by atoms with Gasteiger partial charge in [0.1, 0.15) is 96.3 Å². The van der Waals surface area contributed by atoms with Gasteiger partial charge in [0.2, 0.25) is 0 Å². The molecule has 0 atom stereocenters. The van der Waals surface area contributed by atoms with Gasteiger partial charge in [-0.15, -0.1) is 52.7 Å². The van der Waals surface area contributed by atoms with Crippen LogP contribution in [0.5, 0.6) is 23.0 Å². The molecule has 12 aromatic rings. The lowest BCUT2D eigenvalue weighted by Gasteiger charge is -2.16. The summed E-state index contributed by atoms with van der Waals surface area (Å²) in [4.78, 5) is 123. The number of rotatable bonds is 24. The van der Waals surface area contributed by atoms with E-state index in [1.165, 1.54) is 61.2 Å². The molecule has 0 aliphatic heterocycles. The number of alkyl halides is 12. The van der Waals surface area contributed by atoms with Crippen LogP contribution in [0.1, 0.15) is 111 Å². The van der Waals surface area contributed by atoms with Gasteiger partial charge in [-0.3, -0.25) is 25.0 Å². The van der Waals surface area contributed by atoms with Crippen molar-refractivity contribution < 1.29 is 149 Å². The molecule has 0 aliphatic carbocycles. The Labute approximate surface area is 653 Å². The Kier molecular flexibility index (Phi) is 27.4. The molecule has 118 heavy (non-hydrogen) atoms. The van der Waals surface area contributed by atoms with E-state index in [-0.39, 0.29) is 160 Å². The summed E-state index contributed by atoms with van der Waals surface area (Å²) >= 11 is 0.804. The topological polar surface area (TPSA) is 471 Å². The largest absolute Gasteiger partial charge is 0.573 e. The Hall–Kier alpha value is -15.1. The van der Waals surface area contributed by atoms with Gasteiger partial charge in [0.15, 0.2) is 0 Å². The third kappa shape index (κ3) is 22.6. The SMILES string of the molecule is CCOC(=O)c1cnc2ccc(OC(F)(F)F)cc2c1Nc1[nH]ncc1C(=O)O.CCOC(=O)c1cnc2ccc(OC(F)(F)F)cc2c1Nc1ncccc1C(=O)O.CCOC(=O)c1cnc2ccc(OC(F)(F)F)cc2c1Nc1ncncc1C(=O)O.CCOC(=O)c1cnc2ccc(OC(F)(F)F)cc2c1Nc1sncc1C(=O)O. The Bertz CT molecular complexity index is 5450. The molecular weight excluding hydrogens is 1630 g/mol. The van der Waals surface area contributed by atoms with Gasteiger partial charge in [-0.2, -0.15) is 9.47 Å². The van der Waals surface area contributed by atoms with Gasteiger partial charge in [0.05, 0.1) is 83.6 Å². The minimum atomic E-state index is -4.93. The maximum absolute atomic E-state index is 12.6. The number of hydrogen-bond donors (Lipinski definition) is 9. The number of nitrogens with zero attached hydrogens (tertiary/aromatic N) is 9. The van der Waals surface area contributed by atoms with Crippen LogP contribution in [-0.4, -0.2) is 170 Å². The van der Waals surface area contributed by atoms with Crippen molar-refractivity contribution in [1.29, 1.82) is 0 Å². The zero-order valence-corrected chi connectivity index (χ0v) is 60.7. The first-order valence-electron chi connectivity index (χ1n) is 32.9. The maximum atomic E-state index is 12.6. The van der Waals surface area contributed by atoms with Crippen LogP contribution in [0.15, 0.2) is 141 Å². The van der Waals surface area contributed by atoms with Crippen molar-refractivity contribution in [2.75, 3.05) is 47.7 Å². The predicted octanol–water partition coefficient (Wildman–Crippen LogP) is 15.4. The number of benzene rings is 4. The summed E-state index contributed by atoms with van der Waals surface area (Å²) in [6.07, 6.45) is -9.43. The summed E-state index contributed by atoms with van der Waals surface area (Å²) in [5.41, 5.74) is -0.548. The van der Waals surface area contributed by atoms with Gasteiger partial charge in [-0.1, -0.05) is 0 Å². The normalized spacial score (nSPS) is 11.3. The van der Waals surface area contributed by atoms with Crippen LogP contribution in [0, 0.1) is 0 Å². The first-order valence-corrected chi connectivity index (χ1v) is 33.7. The second-order valence-corrected chi connectivity index (χ2v) is 23.4. The number of hydrogen-bond acceptors (Lipinski definition) is 30. The molecule has 34 nitrogen and oxygen atoms in total. The maximum Gasteiger partial charge on any atom is 0.573 e. The number of carbonyl (C=O) groups is 8. The van der Waals surface area contributed by atoms with Gasteiger partial charge in [-0.25, -0.2) is 53.3 Å². The molecule has 0 saturated heterocycles. The number of anilines is 8. The summed E-state index contributed by atoms with van der Waals surface area (Å²) in [5, 5.41) is 54.5. The van der Waals surface area contributed by atoms with E-state index in [9.17, 15) is 111 Å². The molecule has 9 N–H and O–H groups in total. The lowest BCUT2D eigenvalue weighted by Crippen LogP contribution is -2.17. The first kappa shape index (κ1) is 86.9. The van der Waals surface area contributed by atoms with Crippen molar-refractivity contribution in [3.63, 3.8) is 0 Å². The molecule has 4 aromatic carbocycles. The second-order valence-electron chi connectivity index (χ2n) is 22.6. The van der Waals surface area contributed by atoms with E-state index in [0.29, 0.717) is 0 Å². The van der Waals surface area contributed by atoms with E-state index < -0.39 is 96.2 Å². The Morgan fingerprint density at radius 3 is 1.06 bits per heavy atom. The van der Waals surface area contributed by atoms with Gasteiger partial charge in [-0.05, 0) is 124 Å². The van der Waals surface area contributed by atoms with Gasteiger partial charge < -0.3 is 79.6 Å². The van der Waals surface area contributed by atoms with E-state index in [4.69, 9.17) is 18.9 Å². The number of carboxylic acids is 4. The van der Waals surface area contributed by atoms with Crippen LogP contribution in [0.4, 0.5) is 97.9 Å². The molecule has 0 spiro atoms. The number of esters is 4. The average molecular weight is 1680 g/mol. The highest BCUT2D eigenvalue weighted by Crippen LogP contribution is 2.41. The number of H-pyrrole nitrogens is 1. The summed E-state index contributed by atoms with van der Waals surface area (Å²) in [6.45, 7) is 6.47. The number of aromatic carboxylic acids is 4. The van der Waals surface area contributed by atoms with E-state index in [2.05, 4.69) is 89.7 Å². The zero-order valence-electron chi connectivity index (χ0n) is 59.9. The molecule has 8 heterocycles. The predicted molar refractivity (Wildman–Crippen MR) is 385 cm³/mol. The molecule has 0 amide bonds. The van der Waals surface area contributed by atoms with Crippen LogP contribution in [0.25, 0.3) is 43.6 Å². The minimum absolute atomic E-state index is 0.0205. The van der Waals surface area contributed by atoms with Crippen LogP contribution in [0.2, 0.25) is 0 Å². The highest BCUT2D eigenvalue weighted by atomic mass is 32.1. The van der Waals surface area contributed by atoms with Crippen LogP contribution in [-0.2, 0) is 18.9 Å². The molecule has 0 unspecified atom stereocenters. The van der Waals surface area contributed by atoms with Crippen molar-refractivity contribution in [2.45, 2.75) is 53.1 Å². The Morgan fingerprint density at radius 2 is 0.720 bits per heavy atom. The van der Waals surface area contributed by atoms with Crippen molar-refractivity contribution in [3.05, 3.63) is 185 Å². The zero-order chi connectivity index (χ0) is 86.1. The molecule has 0 saturated carbocycles. The van der Waals surface area contributed by atoms with E-state index in [1.54, 1.807) is 27.7 Å². The molecule has 0 aliphatic rings. The summed E-state index contributed by atoms with van der Waals surface area (Å²) < 4.78 is 191. The fraction of sp³-hybridized carbons (Fsp3) is 0.169. The number of carbonyl (C=O) groups excluding carboxylic acids is 4. The summed E-state index contributed by atoms with van der Waals surface area (Å²) in [5.74, 6) is -11.0. The molecule has 12 rings (SSSR count). The van der Waals surface area contributed by atoms with Gasteiger partial charge in [0.25, 0.3) is 0 Å². The number of carboxylic acid groups (broad SMARTS) is 4. The first-order chi connectivity index (χ1) is 55.8. The smallest absolute Gasteiger partial charge is 0.478 e. The molecular formula is C71H52F12N14O20S. The lowest BCUT2D eigenvalue weighted by atomic mass is 10.1. The van der Waals surface area contributed by atoms with Crippen molar-refractivity contribution in [2.24, 2.45) is 0 Å². The van der Waals surface area contributed by atoms with Gasteiger partial charge in [0, 0.05) is 58.7 Å². The molecule has 8 aromatic heterocycles. The van der Waals surface area contributed by atoms with Gasteiger partial charge >= 0.3 is 73.2 Å². The number of pyridine rings is 5. The minimum Gasteiger partial charge on any atom is -0.478 e. The van der Waals surface area contributed by atoms with Crippen LogP contribution >= 0.6 is 11.5 Å². The third-order valence-electron chi connectivity index (χ3n) is 14.9. The van der Waals surface area contributed by atoms with Crippen molar-refractivity contribution >= 4 is 148 Å². The number of aromatic nitrogens is 10. The molecule has 0 radical (unpaired) electrons. The number of nitrogens with one attached hydrogen (secondary N) is 5. The lowest BCUT2D eigenvalue weighted by molar-refractivity contribution is -0.275. The molecule has 0 bridgehead atoms. The number of fused-ring (bicyclic) bond motifs is 4. The fourth-order valence-corrected chi connectivity index (χ4v) is 10.9. The Balaban J connectivity index is 0.000000179. The second kappa shape index (κ2) is 37.2. The summed E-state index contributed by atoms with van der Waals surface area (Å²) in [6, 6.07) is 16.1. The monoisotopic (exact) mass is 1680 g/mol. The number of halogens is 12. The fourth-order valence-electron chi connectivity index (χ4n) is 10.2. The highest BCUT2D eigenvalue weighted by molar-refractivity contribution is 7.10. The molecule has 616 valence electrons. The van der Waals surface area contributed by atoms with Crippen LogP contribution < -0.4 is 40.2 Å². The molecule has 0 fully saturated rings. The summed E-state index contributed by atoms with van der Waals surface area (Å²) in [7, 11) is 0. The average Bonchev–Trinajstić information content (AvgIpc) is 1.08. The van der Waals surface area contributed by atoms with E-state index in [0.717, 1.165) is 91.2 Å². The molecule has 47 heteroatoms. The van der Waals surface area contributed by atoms with E-state index >= 15 is 0 Å². The number of ether oxygens (including phenoxy) is 8. The van der Waals surface area contributed by atoms with Crippen molar-refractivity contribution in [3.8, 4) is 23.0 Å². The number of aromatic amines is 1. The van der Waals surface area contributed by atoms with E-state index in [1.807, 2.05) is 0 Å². The van der Waals surface area contributed by atoms with Crippen molar-refractivity contribution in [1.82, 2.24) is 49.5 Å². The Morgan fingerprint density at radius 1 is 0.381 bits per heavy atom. The standard InChI is InChI=1S/C19H14F3N3O5.C18H13F3N4O5.C17H13F3N4O5.C17H12F3N3O5S/c1-2-29-18(28)13-9-24-14-6-5-10(30-19(20,21)22)8-12(14)15(13)25-16-11(17(26)27)4-3-7-23-16;1-2-29-17(28)11-7-23-13-4-3-9(30-18(19,20)21)5-10(13)14(11)25-15-12(16(26)27)6-22-8-24-15;1-2-28-16(27)10-6-21-12-4-3-8(29-17(18,19)20)5-9(12)13(10)23-14-11(15(25)26)7-22-24-14;1-2-27-16(26)10-6-21-12-4-3-8(28-17(18,19)20)5-9(12)13(10)23-14-11(15(24)25)7-22-29-14/h3-9H,2H2,1H3,(H,26,27)(H,23,24,25);3-8H,2H2,1H3,(H,26,27)(H,22,23,24,25);3-7H,2H2,1H3,(H,25,26)(H2,21,22,23,24);3-7H,2H2,1H3,(H,21,23)(H,24,25). The third-order valence-corrected chi connectivity index (χ3v) is 15.6. The highest BCUT2D eigenvalue weighted by Gasteiger charge is 2.36.